The van der Waals surface area contributed by atoms with E-state index in [4.69, 9.17) is 19.7 Å². The largest absolute Gasteiger partial charge is 0.454 e. The predicted octanol–water partition coefficient (Wildman–Crippen LogP) is 0.122. The van der Waals surface area contributed by atoms with Gasteiger partial charge in [0.05, 0.1) is 18.8 Å². The van der Waals surface area contributed by atoms with Crippen LogP contribution in [0.1, 0.15) is 17.3 Å². The summed E-state index contributed by atoms with van der Waals surface area (Å²) in [5, 5.41) is 17.5. The quantitative estimate of drug-likeness (QED) is 0.572. The summed E-state index contributed by atoms with van der Waals surface area (Å²) in [7, 11) is 0. The summed E-state index contributed by atoms with van der Waals surface area (Å²) in [6, 6.07) is 5.74. The van der Waals surface area contributed by atoms with Crippen LogP contribution in [0.2, 0.25) is 0 Å². The van der Waals surface area contributed by atoms with E-state index in [9.17, 15) is 9.59 Å². The molecule has 98 valence electrons. The summed E-state index contributed by atoms with van der Waals surface area (Å²) in [4.78, 5) is 22.2. The molecule has 1 aromatic carbocycles. The van der Waals surface area contributed by atoms with E-state index in [-0.39, 0.29) is 5.56 Å². The van der Waals surface area contributed by atoms with Crippen LogP contribution in [0.3, 0.4) is 0 Å². The van der Waals surface area contributed by atoms with Crippen molar-refractivity contribution in [2.24, 2.45) is 0 Å². The van der Waals surface area contributed by atoms with E-state index in [0.717, 1.165) is 0 Å². The molecule has 0 spiro atoms. The molecule has 0 bridgehead atoms. The Balaban J connectivity index is 2.67. The Hall–Kier alpha value is -1.92. The topological polar surface area (TPSA) is 93.1 Å². The lowest BCUT2D eigenvalue weighted by atomic mass is 10.2. The van der Waals surface area contributed by atoms with Crippen LogP contribution in [-0.4, -0.2) is 41.5 Å². The van der Waals surface area contributed by atoms with Crippen molar-refractivity contribution in [2.75, 3.05) is 13.2 Å². The Morgan fingerprint density at radius 2 is 1.72 bits per heavy atom. The third kappa shape index (κ3) is 4.15. The van der Waals surface area contributed by atoms with E-state index in [1.165, 1.54) is 31.2 Å². The number of hydrogen-bond acceptors (Lipinski definition) is 6. The first-order valence-electron chi connectivity index (χ1n) is 5.28. The molecule has 1 rings (SSSR count). The lowest BCUT2D eigenvalue weighted by Gasteiger charge is -2.12. The van der Waals surface area contributed by atoms with Crippen LogP contribution in [0.15, 0.2) is 24.3 Å². The van der Waals surface area contributed by atoms with Gasteiger partial charge in [-0.2, -0.15) is 0 Å². The second-order valence-corrected chi connectivity index (χ2v) is 3.51. The smallest absolute Gasteiger partial charge is 0.338 e. The Morgan fingerprint density at radius 1 is 1.17 bits per heavy atom. The fraction of sp³-hybridized carbons (Fsp3) is 0.333. The van der Waals surface area contributed by atoms with Crippen molar-refractivity contribution in [3.05, 3.63) is 29.8 Å². The van der Waals surface area contributed by atoms with Gasteiger partial charge in [0, 0.05) is 6.92 Å². The zero-order valence-electron chi connectivity index (χ0n) is 9.83. The number of carbonyl (C=O) groups is 2. The Bertz CT molecular complexity index is 407. The van der Waals surface area contributed by atoms with Gasteiger partial charge >= 0.3 is 11.9 Å². The predicted molar refractivity (Wildman–Crippen MR) is 61.1 cm³/mol. The maximum atomic E-state index is 11.6. The minimum Gasteiger partial charge on any atom is -0.454 e. The summed E-state index contributed by atoms with van der Waals surface area (Å²) in [6.45, 7) is 0.372. The number of aliphatic hydroxyl groups is 2. The highest BCUT2D eigenvalue weighted by atomic mass is 16.6. The van der Waals surface area contributed by atoms with Gasteiger partial charge in [0.15, 0.2) is 0 Å². The number of hydrogen-bond donors (Lipinski definition) is 2. The Morgan fingerprint density at radius 3 is 2.17 bits per heavy atom. The van der Waals surface area contributed by atoms with Crippen molar-refractivity contribution < 1.29 is 29.3 Å². The highest BCUT2D eigenvalue weighted by Crippen LogP contribution is 2.13. The molecule has 0 amide bonds. The third-order valence-electron chi connectivity index (χ3n) is 2.03. The first-order valence-corrected chi connectivity index (χ1v) is 5.28. The standard InChI is InChI=1S/C12H14O6/c1-8(15)17-10-4-2-9(3-5-10)12(16)18-11(6-13)7-14/h2-5,11,13-14H,6-7H2,1H3. The molecule has 0 aliphatic rings. The summed E-state index contributed by atoms with van der Waals surface area (Å²) in [5.41, 5.74) is 0.234. The molecule has 6 heteroatoms. The van der Waals surface area contributed by atoms with E-state index in [2.05, 4.69) is 0 Å². The molecule has 0 heterocycles. The van der Waals surface area contributed by atoms with Gasteiger partial charge in [0.1, 0.15) is 11.9 Å². The Kier molecular flexibility index (Phi) is 5.29. The molecule has 0 aromatic heterocycles. The van der Waals surface area contributed by atoms with Gasteiger partial charge in [0.2, 0.25) is 0 Å². The molecule has 0 unspecified atom stereocenters. The van der Waals surface area contributed by atoms with Crippen molar-refractivity contribution >= 4 is 11.9 Å². The number of aliphatic hydroxyl groups excluding tert-OH is 2. The third-order valence-corrected chi connectivity index (χ3v) is 2.03. The molecule has 0 saturated heterocycles. The van der Waals surface area contributed by atoms with Crippen LogP contribution >= 0.6 is 0 Å². The maximum Gasteiger partial charge on any atom is 0.338 e. The highest BCUT2D eigenvalue weighted by Gasteiger charge is 2.14. The summed E-state index contributed by atoms with van der Waals surface area (Å²) >= 11 is 0. The van der Waals surface area contributed by atoms with Gasteiger partial charge in [0.25, 0.3) is 0 Å². The lowest BCUT2D eigenvalue weighted by Crippen LogP contribution is -2.25. The van der Waals surface area contributed by atoms with Crippen LogP contribution in [0.4, 0.5) is 0 Å². The zero-order chi connectivity index (χ0) is 13.5. The second kappa shape index (κ2) is 6.73. The first kappa shape index (κ1) is 14.1. The second-order valence-electron chi connectivity index (χ2n) is 3.51. The van der Waals surface area contributed by atoms with Gasteiger partial charge in [-0.1, -0.05) is 0 Å². The SMILES string of the molecule is CC(=O)Oc1ccc(C(=O)OC(CO)CO)cc1. The van der Waals surface area contributed by atoms with Crippen molar-refractivity contribution in [3.63, 3.8) is 0 Å². The first-order chi connectivity index (χ1) is 8.56. The molecule has 0 radical (unpaired) electrons. The van der Waals surface area contributed by atoms with E-state index in [0.29, 0.717) is 5.75 Å². The average molecular weight is 254 g/mol. The average Bonchev–Trinajstić information content (AvgIpc) is 2.35. The number of benzene rings is 1. The molecule has 0 atom stereocenters. The number of carbonyl (C=O) groups excluding carboxylic acids is 2. The van der Waals surface area contributed by atoms with Gasteiger partial charge in [-0.05, 0) is 24.3 Å². The van der Waals surface area contributed by atoms with E-state index in [1.807, 2.05) is 0 Å². The van der Waals surface area contributed by atoms with Crippen LogP contribution in [0.25, 0.3) is 0 Å². The highest BCUT2D eigenvalue weighted by molar-refractivity contribution is 5.89. The van der Waals surface area contributed by atoms with Crippen LogP contribution in [0, 0.1) is 0 Å². The molecule has 0 aliphatic heterocycles. The van der Waals surface area contributed by atoms with E-state index < -0.39 is 31.3 Å². The van der Waals surface area contributed by atoms with Crippen LogP contribution in [-0.2, 0) is 9.53 Å². The minimum atomic E-state index is -0.939. The van der Waals surface area contributed by atoms with Crippen molar-refractivity contribution in [3.8, 4) is 5.75 Å². The fourth-order valence-corrected chi connectivity index (χ4v) is 1.18. The van der Waals surface area contributed by atoms with Gasteiger partial charge < -0.3 is 19.7 Å². The summed E-state index contributed by atoms with van der Waals surface area (Å²) < 4.78 is 9.61. The Labute approximate surface area is 104 Å². The van der Waals surface area contributed by atoms with Gasteiger partial charge in [-0.15, -0.1) is 0 Å². The molecule has 1 aromatic rings. The molecular weight excluding hydrogens is 240 g/mol. The minimum absolute atomic E-state index is 0.234. The lowest BCUT2D eigenvalue weighted by molar-refractivity contribution is -0.131. The van der Waals surface area contributed by atoms with Crippen molar-refractivity contribution in [1.82, 2.24) is 0 Å². The molecule has 0 fully saturated rings. The van der Waals surface area contributed by atoms with Crippen molar-refractivity contribution in [1.29, 1.82) is 0 Å². The maximum absolute atomic E-state index is 11.6. The zero-order valence-corrected chi connectivity index (χ0v) is 9.83. The van der Waals surface area contributed by atoms with E-state index >= 15 is 0 Å². The molecular formula is C12H14O6. The molecule has 2 N–H and O–H groups in total. The molecule has 18 heavy (non-hydrogen) atoms. The number of esters is 2. The normalized spacial score (nSPS) is 10.2. The summed E-state index contributed by atoms with van der Waals surface area (Å²) in [6.07, 6.45) is -0.939. The van der Waals surface area contributed by atoms with Crippen molar-refractivity contribution in [2.45, 2.75) is 13.0 Å². The summed E-state index contributed by atoms with van der Waals surface area (Å²) in [5.74, 6) is -0.802. The monoisotopic (exact) mass is 254 g/mol. The van der Waals surface area contributed by atoms with Crippen LogP contribution in [0.5, 0.6) is 5.75 Å². The fourth-order valence-electron chi connectivity index (χ4n) is 1.18. The number of ether oxygens (including phenoxy) is 2. The number of rotatable bonds is 5. The molecule has 0 saturated carbocycles. The molecule has 0 aliphatic carbocycles. The van der Waals surface area contributed by atoms with Gasteiger partial charge in [-0.25, -0.2) is 4.79 Å². The van der Waals surface area contributed by atoms with E-state index in [1.54, 1.807) is 0 Å². The molecule has 6 nitrogen and oxygen atoms in total. The van der Waals surface area contributed by atoms with Crippen LogP contribution < -0.4 is 4.74 Å². The van der Waals surface area contributed by atoms with Gasteiger partial charge in [-0.3, -0.25) is 4.79 Å².